The molecule has 0 N–H and O–H groups in total. The lowest BCUT2D eigenvalue weighted by Gasteiger charge is -2.23. The van der Waals surface area contributed by atoms with E-state index in [4.69, 9.17) is 0 Å². The van der Waals surface area contributed by atoms with Gasteiger partial charge in [-0.2, -0.15) is 0 Å². The fourth-order valence-corrected chi connectivity index (χ4v) is 2.94. The van der Waals surface area contributed by atoms with Crippen molar-refractivity contribution in [3.63, 3.8) is 0 Å². The molecule has 0 saturated carbocycles. The zero-order chi connectivity index (χ0) is 13.1. The molecule has 0 bridgehead atoms. The number of hydrogen-bond acceptors (Lipinski definition) is 1. The summed E-state index contributed by atoms with van der Waals surface area (Å²) in [4.78, 5) is 14.3. The number of amides is 1. The van der Waals surface area contributed by atoms with Gasteiger partial charge in [0.25, 0.3) is 0 Å². The molecule has 2 heterocycles. The Kier molecular flexibility index (Phi) is 3.49. The lowest BCUT2D eigenvalue weighted by Crippen LogP contribution is -2.33. The Morgan fingerprint density at radius 1 is 1.21 bits per heavy atom. The fourth-order valence-electron chi connectivity index (χ4n) is 2.94. The first kappa shape index (κ1) is 12.2. The molecule has 2 nitrogen and oxygen atoms in total. The van der Waals surface area contributed by atoms with Crippen LogP contribution < -0.4 is 0 Å². The normalized spacial score (nSPS) is 27.2. The zero-order valence-electron chi connectivity index (χ0n) is 11.1. The maximum atomic E-state index is 12.3. The summed E-state index contributed by atoms with van der Waals surface area (Å²) in [6.07, 6.45) is 10.3. The second-order valence-corrected chi connectivity index (χ2v) is 5.34. The Morgan fingerprint density at radius 2 is 2.05 bits per heavy atom. The van der Waals surface area contributed by atoms with Crippen LogP contribution in [-0.4, -0.2) is 23.4 Å². The molecule has 0 aromatic heterocycles. The van der Waals surface area contributed by atoms with E-state index in [0.29, 0.717) is 6.04 Å². The summed E-state index contributed by atoms with van der Waals surface area (Å²) < 4.78 is 0. The first-order valence-electron chi connectivity index (χ1n) is 7.03. The molecule has 98 valence electrons. The third-order valence-electron chi connectivity index (χ3n) is 3.92. The van der Waals surface area contributed by atoms with Crippen LogP contribution in [0, 0.1) is 0 Å². The maximum absolute atomic E-state index is 12.3. The van der Waals surface area contributed by atoms with Crippen molar-refractivity contribution in [3.05, 3.63) is 59.7 Å². The number of rotatable bonds is 2. The van der Waals surface area contributed by atoms with E-state index in [0.717, 1.165) is 32.2 Å². The Bertz CT molecular complexity index is 515. The first-order chi connectivity index (χ1) is 9.33. The van der Waals surface area contributed by atoms with Crippen LogP contribution in [0.5, 0.6) is 0 Å². The molecule has 2 aliphatic rings. The molecule has 19 heavy (non-hydrogen) atoms. The van der Waals surface area contributed by atoms with Gasteiger partial charge in [0.05, 0.1) is 6.04 Å². The average molecular weight is 253 g/mol. The van der Waals surface area contributed by atoms with E-state index in [9.17, 15) is 4.79 Å². The lowest BCUT2D eigenvalue weighted by atomic mass is 10.00. The molecule has 1 aromatic carbocycles. The summed E-state index contributed by atoms with van der Waals surface area (Å²) in [5.41, 5.74) is 2.48. The molecule has 1 saturated heterocycles. The molecule has 2 heteroatoms. The number of fused-ring (bicyclic) bond motifs is 1. The minimum absolute atomic E-state index is 0.192. The van der Waals surface area contributed by atoms with E-state index in [1.807, 2.05) is 29.2 Å². The molecule has 0 radical (unpaired) electrons. The van der Waals surface area contributed by atoms with Crippen molar-refractivity contribution < 1.29 is 4.79 Å². The summed E-state index contributed by atoms with van der Waals surface area (Å²) in [6, 6.07) is 10.7. The van der Waals surface area contributed by atoms with Crippen LogP contribution in [0.25, 0.3) is 0 Å². The van der Waals surface area contributed by atoms with Crippen LogP contribution in [0.4, 0.5) is 0 Å². The van der Waals surface area contributed by atoms with E-state index in [1.54, 1.807) is 0 Å². The van der Waals surface area contributed by atoms with Gasteiger partial charge in [0.1, 0.15) is 0 Å². The van der Waals surface area contributed by atoms with Gasteiger partial charge in [0, 0.05) is 12.6 Å². The molecule has 0 spiro atoms. The molecule has 1 atom stereocenters. The van der Waals surface area contributed by atoms with Gasteiger partial charge in [-0.25, -0.2) is 0 Å². The minimum atomic E-state index is 0.192. The van der Waals surface area contributed by atoms with E-state index in [1.165, 1.54) is 11.1 Å². The third kappa shape index (κ3) is 2.78. The molecule has 0 aliphatic carbocycles. The van der Waals surface area contributed by atoms with Crippen LogP contribution in [0.3, 0.4) is 0 Å². The van der Waals surface area contributed by atoms with E-state index < -0.39 is 0 Å². The number of hydrogen-bond donors (Lipinski definition) is 0. The molecule has 1 amide bonds. The second kappa shape index (κ2) is 5.43. The highest BCUT2D eigenvalue weighted by atomic mass is 16.2. The largest absolute Gasteiger partial charge is 0.333 e. The van der Waals surface area contributed by atoms with E-state index in [-0.39, 0.29) is 5.91 Å². The summed E-state index contributed by atoms with van der Waals surface area (Å²) >= 11 is 0. The second-order valence-electron chi connectivity index (χ2n) is 5.34. The maximum Gasteiger partial charge on any atom is 0.247 e. The minimum Gasteiger partial charge on any atom is -0.333 e. The monoisotopic (exact) mass is 253 g/mol. The number of carbonyl (C=O) groups is 1. The number of allylic oxidation sites excluding steroid dienone is 2. The number of carbonyl (C=O) groups excluding carboxylic acids is 1. The summed E-state index contributed by atoms with van der Waals surface area (Å²) in [5, 5.41) is 0. The number of benzene rings is 1. The van der Waals surface area contributed by atoms with Crippen LogP contribution in [-0.2, 0) is 11.2 Å². The van der Waals surface area contributed by atoms with Crippen molar-refractivity contribution in [2.45, 2.75) is 31.7 Å². The zero-order valence-corrected chi connectivity index (χ0v) is 11.1. The predicted octanol–water partition coefficient (Wildman–Crippen LogP) is 3.11. The Hall–Kier alpha value is -1.83. The highest BCUT2D eigenvalue weighted by Gasteiger charge is 2.26. The molecule has 0 unspecified atom stereocenters. The first-order valence-corrected chi connectivity index (χ1v) is 7.03. The van der Waals surface area contributed by atoms with Gasteiger partial charge in [-0.3, -0.25) is 4.79 Å². The van der Waals surface area contributed by atoms with Gasteiger partial charge in [-0.1, -0.05) is 48.1 Å². The standard InChI is InChI=1S/C17H19NO/c19-17-13-15(12-14-6-2-1-3-7-14)8-4-9-16-10-5-11-18(16)17/h1-4,6-7,9,13,16H,5,8,10-12H2/b9-4-,15-13+/t16-/m1/s1. The Morgan fingerprint density at radius 3 is 2.89 bits per heavy atom. The molecule has 1 aromatic rings. The van der Waals surface area contributed by atoms with Gasteiger partial charge < -0.3 is 4.90 Å². The number of nitrogens with zero attached hydrogens (tertiary/aromatic N) is 1. The highest BCUT2D eigenvalue weighted by Crippen LogP contribution is 2.23. The van der Waals surface area contributed by atoms with Crippen molar-refractivity contribution >= 4 is 5.91 Å². The van der Waals surface area contributed by atoms with Crippen molar-refractivity contribution in [1.29, 1.82) is 0 Å². The van der Waals surface area contributed by atoms with Crippen LogP contribution in [0.2, 0.25) is 0 Å². The molecular weight excluding hydrogens is 234 g/mol. The van der Waals surface area contributed by atoms with Gasteiger partial charge in [-0.05, 0) is 31.2 Å². The van der Waals surface area contributed by atoms with Crippen molar-refractivity contribution in [2.75, 3.05) is 6.54 Å². The van der Waals surface area contributed by atoms with Crippen LogP contribution >= 0.6 is 0 Å². The quantitative estimate of drug-likeness (QED) is 0.742. The smallest absolute Gasteiger partial charge is 0.247 e. The molecular formula is C17H19NO. The van der Waals surface area contributed by atoms with Crippen LogP contribution in [0.15, 0.2) is 54.1 Å². The van der Waals surface area contributed by atoms with E-state index in [2.05, 4.69) is 24.3 Å². The van der Waals surface area contributed by atoms with Gasteiger partial charge in [0.2, 0.25) is 5.91 Å². The third-order valence-corrected chi connectivity index (χ3v) is 3.92. The van der Waals surface area contributed by atoms with Crippen molar-refractivity contribution in [2.24, 2.45) is 0 Å². The fraction of sp³-hybridized carbons (Fsp3) is 0.353. The molecule has 1 fully saturated rings. The molecule has 3 rings (SSSR count). The lowest BCUT2D eigenvalue weighted by molar-refractivity contribution is -0.126. The van der Waals surface area contributed by atoms with Gasteiger partial charge in [0.15, 0.2) is 0 Å². The average Bonchev–Trinajstić information content (AvgIpc) is 2.86. The van der Waals surface area contributed by atoms with E-state index >= 15 is 0 Å². The van der Waals surface area contributed by atoms with Gasteiger partial charge >= 0.3 is 0 Å². The highest BCUT2D eigenvalue weighted by molar-refractivity contribution is 5.89. The Labute approximate surface area is 114 Å². The van der Waals surface area contributed by atoms with Crippen molar-refractivity contribution in [3.8, 4) is 0 Å². The van der Waals surface area contributed by atoms with Gasteiger partial charge in [-0.15, -0.1) is 0 Å². The SMILES string of the molecule is O=C1/C=C(/Cc2ccccc2)C/C=C\[C@@H]2CCCN12. The summed E-state index contributed by atoms with van der Waals surface area (Å²) in [6.45, 7) is 0.906. The molecule has 2 aliphatic heterocycles. The predicted molar refractivity (Wildman–Crippen MR) is 76.7 cm³/mol. The van der Waals surface area contributed by atoms with Crippen LogP contribution in [0.1, 0.15) is 24.8 Å². The summed E-state index contributed by atoms with van der Waals surface area (Å²) in [5.74, 6) is 0.192. The Balaban J connectivity index is 1.78. The topological polar surface area (TPSA) is 20.3 Å². The summed E-state index contributed by atoms with van der Waals surface area (Å²) in [7, 11) is 0. The van der Waals surface area contributed by atoms with Crippen molar-refractivity contribution in [1.82, 2.24) is 4.90 Å².